The van der Waals surface area contributed by atoms with Crippen LogP contribution in [0.2, 0.25) is 0 Å². The zero-order valence-corrected chi connectivity index (χ0v) is 27.4. The summed E-state index contributed by atoms with van der Waals surface area (Å²) in [6, 6.07) is 11.2. The van der Waals surface area contributed by atoms with Crippen molar-refractivity contribution in [3.63, 3.8) is 0 Å². The maximum atomic E-state index is 14.0. The number of primary amides is 1. The van der Waals surface area contributed by atoms with Crippen LogP contribution in [0.25, 0.3) is 21.8 Å². The molecule has 4 amide bonds. The van der Waals surface area contributed by atoms with E-state index < -0.39 is 47.8 Å². The molecule has 0 saturated carbocycles. The highest BCUT2D eigenvalue weighted by Crippen LogP contribution is 2.21. The molecular weight excluding hydrogens is 626 g/mol. The highest BCUT2D eigenvalue weighted by Gasteiger charge is 2.30. The average molecular weight is 674 g/mol. The molecule has 0 fully saturated rings. The number of rotatable bonds is 19. The van der Waals surface area contributed by atoms with Gasteiger partial charge in [0.2, 0.25) is 23.6 Å². The molecule has 15 heteroatoms. The van der Waals surface area contributed by atoms with Crippen molar-refractivity contribution in [3.05, 3.63) is 72.1 Å². The van der Waals surface area contributed by atoms with Crippen molar-refractivity contribution in [2.75, 3.05) is 13.1 Å². The van der Waals surface area contributed by atoms with E-state index in [0.29, 0.717) is 25.8 Å². The molecular formula is C34H47N11O4. The molecule has 49 heavy (non-hydrogen) atoms. The summed E-state index contributed by atoms with van der Waals surface area (Å²) >= 11 is 0. The molecule has 0 saturated heterocycles. The smallest absolute Gasteiger partial charge is 0.243 e. The van der Waals surface area contributed by atoms with E-state index in [-0.39, 0.29) is 38.2 Å². The fourth-order valence-electron chi connectivity index (χ4n) is 5.73. The van der Waals surface area contributed by atoms with E-state index >= 15 is 0 Å². The summed E-state index contributed by atoms with van der Waals surface area (Å²) in [4.78, 5) is 63.5. The molecule has 262 valence electrons. The van der Waals surface area contributed by atoms with E-state index in [2.05, 4.69) is 30.9 Å². The van der Waals surface area contributed by atoms with E-state index in [9.17, 15) is 19.2 Å². The van der Waals surface area contributed by atoms with Gasteiger partial charge >= 0.3 is 0 Å². The van der Waals surface area contributed by atoms with E-state index in [1.54, 1.807) is 6.20 Å². The highest BCUT2D eigenvalue weighted by atomic mass is 16.2. The second kappa shape index (κ2) is 17.7. The Labute approximate surface area is 284 Å². The number of aromatic nitrogens is 2. The Bertz CT molecular complexity index is 1760. The van der Waals surface area contributed by atoms with Gasteiger partial charge in [0.25, 0.3) is 0 Å². The zero-order valence-electron chi connectivity index (χ0n) is 27.4. The maximum absolute atomic E-state index is 14.0. The number of carbonyl (C=O) groups excluding carboxylic acids is 4. The fraction of sp³-hybridized carbons (Fsp3) is 0.382. The molecule has 4 atom stereocenters. The number of H-pyrrole nitrogens is 2. The molecule has 0 spiro atoms. The summed E-state index contributed by atoms with van der Waals surface area (Å²) < 4.78 is 0. The van der Waals surface area contributed by atoms with Crippen molar-refractivity contribution >= 4 is 51.4 Å². The van der Waals surface area contributed by atoms with Crippen LogP contribution >= 0.6 is 0 Å². The van der Waals surface area contributed by atoms with Gasteiger partial charge in [-0.05, 0) is 68.3 Å². The Balaban J connectivity index is 1.52. The molecule has 0 aliphatic carbocycles. The predicted molar refractivity (Wildman–Crippen MR) is 190 cm³/mol. The Hall–Kier alpha value is -5.41. The van der Waals surface area contributed by atoms with E-state index in [0.717, 1.165) is 32.9 Å². The van der Waals surface area contributed by atoms with Crippen molar-refractivity contribution in [2.24, 2.45) is 33.7 Å². The summed E-state index contributed by atoms with van der Waals surface area (Å²) in [5, 5.41) is 10.1. The second-order valence-corrected chi connectivity index (χ2v) is 12.1. The van der Waals surface area contributed by atoms with Crippen molar-refractivity contribution < 1.29 is 19.2 Å². The number of amides is 4. The molecule has 4 aromatic rings. The first-order valence-electron chi connectivity index (χ1n) is 16.4. The fourth-order valence-corrected chi connectivity index (χ4v) is 5.73. The lowest BCUT2D eigenvalue weighted by Crippen LogP contribution is -2.58. The summed E-state index contributed by atoms with van der Waals surface area (Å²) in [5.74, 6) is -2.53. The third-order valence-corrected chi connectivity index (χ3v) is 8.37. The molecule has 0 unspecified atom stereocenters. The van der Waals surface area contributed by atoms with Crippen molar-refractivity contribution in [1.82, 2.24) is 25.9 Å². The van der Waals surface area contributed by atoms with Crippen LogP contribution in [0, 0.1) is 0 Å². The van der Waals surface area contributed by atoms with Gasteiger partial charge in [0.05, 0.1) is 6.04 Å². The third kappa shape index (κ3) is 10.3. The normalized spacial score (nSPS) is 13.7. The largest absolute Gasteiger partial charge is 0.370 e. The zero-order chi connectivity index (χ0) is 35.3. The summed E-state index contributed by atoms with van der Waals surface area (Å²) in [5.41, 5.74) is 31.8. The monoisotopic (exact) mass is 673 g/mol. The average Bonchev–Trinajstić information content (AvgIpc) is 3.68. The van der Waals surface area contributed by atoms with Gasteiger partial charge in [-0.3, -0.25) is 24.2 Å². The minimum absolute atomic E-state index is 0.0875. The number of nitrogens with zero attached hydrogens (tertiary/aromatic N) is 1. The van der Waals surface area contributed by atoms with E-state index in [1.807, 2.05) is 54.7 Å². The van der Waals surface area contributed by atoms with Gasteiger partial charge in [0.15, 0.2) is 5.96 Å². The number of guanidine groups is 1. The molecule has 2 aromatic carbocycles. The third-order valence-electron chi connectivity index (χ3n) is 8.37. The SMILES string of the molecule is NCCCC[C@H](NC(=O)[C@H](Cc1c[nH]c2ccccc12)NC(=O)[C@@H](N)Cc1c[nH]c2ccccc12)C(=O)N[C@@H](CCCN=C(N)N)C(N)=O. The first-order chi connectivity index (χ1) is 23.6. The van der Waals surface area contributed by atoms with Gasteiger partial charge in [-0.2, -0.15) is 0 Å². The second-order valence-electron chi connectivity index (χ2n) is 12.1. The topological polar surface area (TPSA) is 278 Å². The van der Waals surface area contributed by atoms with Crippen molar-refractivity contribution in [2.45, 2.75) is 69.1 Å². The number of aromatic amines is 2. The Morgan fingerprint density at radius 1 is 0.673 bits per heavy atom. The van der Waals surface area contributed by atoms with Crippen LogP contribution in [0.5, 0.6) is 0 Å². The predicted octanol–water partition coefficient (Wildman–Crippen LogP) is -0.116. The lowest BCUT2D eigenvalue weighted by molar-refractivity contribution is -0.133. The Kier molecular flexibility index (Phi) is 13.1. The number of hydrogen-bond acceptors (Lipinski definition) is 7. The highest BCUT2D eigenvalue weighted by molar-refractivity contribution is 5.95. The molecule has 0 radical (unpaired) electrons. The minimum Gasteiger partial charge on any atom is -0.370 e. The Morgan fingerprint density at radius 3 is 1.80 bits per heavy atom. The van der Waals surface area contributed by atoms with Gasteiger partial charge in [0, 0.05) is 47.2 Å². The van der Waals surface area contributed by atoms with Crippen LogP contribution in [0.4, 0.5) is 0 Å². The number of fused-ring (bicyclic) bond motifs is 2. The minimum atomic E-state index is -1.09. The maximum Gasteiger partial charge on any atom is 0.243 e. The lowest BCUT2D eigenvalue weighted by atomic mass is 10.0. The van der Waals surface area contributed by atoms with Crippen molar-refractivity contribution in [1.29, 1.82) is 0 Å². The molecule has 2 aromatic heterocycles. The number of carbonyl (C=O) groups is 4. The van der Waals surface area contributed by atoms with Gasteiger partial charge in [-0.25, -0.2) is 0 Å². The van der Waals surface area contributed by atoms with Crippen LogP contribution in [0.1, 0.15) is 43.2 Å². The number of hydrogen-bond donors (Lipinski definition) is 10. The standard InChI is InChI=1S/C34H47N11O4/c35-14-6-5-12-28(32(48)43-27(30(37)46)13-7-15-40-34(38)39)44-33(49)29(17-21-19-42-26-11-4-2-9-23(21)26)45-31(47)24(36)16-20-18-41-25-10-3-1-8-22(20)25/h1-4,8-11,18-19,24,27-29,41-42H,5-7,12-17,35-36H2,(H2,37,46)(H,43,48)(H,44,49)(H,45,47)(H4,38,39,40)/t24-,27-,28-,29-/m0/s1. The van der Waals surface area contributed by atoms with E-state index in [1.165, 1.54) is 0 Å². The van der Waals surface area contributed by atoms with Crippen LogP contribution < -0.4 is 44.6 Å². The number of nitrogens with one attached hydrogen (secondary N) is 5. The Morgan fingerprint density at radius 2 is 1.20 bits per heavy atom. The lowest BCUT2D eigenvalue weighted by Gasteiger charge is -2.25. The number of aliphatic imine (C=N–C) groups is 1. The quantitative estimate of drug-likeness (QED) is 0.0363. The number of unbranched alkanes of at least 4 members (excludes halogenated alkanes) is 1. The van der Waals surface area contributed by atoms with Gasteiger partial charge in [-0.1, -0.05) is 36.4 Å². The molecule has 4 rings (SSSR count). The molecule has 0 bridgehead atoms. The number of para-hydroxylation sites is 2. The molecule has 0 aliphatic rings. The van der Waals surface area contributed by atoms with Gasteiger partial charge in [0.1, 0.15) is 18.1 Å². The van der Waals surface area contributed by atoms with Crippen LogP contribution in [0.3, 0.4) is 0 Å². The molecule has 15 nitrogen and oxygen atoms in total. The first-order valence-corrected chi connectivity index (χ1v) is 16.4. The van der Waals surface area contributed by atoms with Crippen LogP contribution in [0.15, 0.2) is 65.9 Å². The molecule has 2 heterocycles. The first kappa shape index (κ1) is 36.4. The summed E-state index contributed by atoms with van der Waals surface area (Å²) in [6.45, 7) is 0.640. The summed E-state index contributed by atoms with van der Waals surface area (Å²) in [7, 11) is 0. The van der Waals surface area contributed by atoms with Gasteiger partial charge in [-0.15, -0.1) is 0 Å². The van der Waals surface area contributed by atoms with Crippen LogP contribution in [-0.2, 0) is 32.0 Å². The van der Waals surface area contributed by atoms with Crippen molar-refractivity contribution in [3.8, 4) is 0 Å². The van der Waals surface area contributed by atoms with Crippen LogP contribution in [-0.4, -0.2) is 76.8 Å². The molecule has 15 N–H and O–H groups in total. The van der Waals surface area contributed by atoms with Gasteiger partial charge < -0.3 is 54.6 Å². The number of nitrogens with two attached hydrogens (primary N) is 5. The van der Waals surface area contributed by atoms with E-state index in [4.69, 9.17) is 28.7 Å². The molecule has 0 aliphatic heterocycles. The number of benzene rings is 2. The summed E-state index contributed by atoms with van der Waals surface area (Å²) in [6.07, 6.45) is 5.90.